The number of benzene rings is 1. The second-order valence-corrected chi connectivity index (χ2v) is 4.65. The van der Waals surface area contributed by atoms with Crippen molar-refractivity contribution in [2.45, 2.75) is 18.4 Å². The molecule has 72 valence electrons. The summed E-state index contributed by atoms with van der Waals surface area (Å²) in [7, 11) is 0. The smallest absolute Gasteiger partial charge is 0.141 e. The fraction of sp³-hybridized carbons (Fsp3) is 0.273. The van der Waals surface area contributed by atoms with Gasteiger partial charge >= 0.3 is 0 Å². The minimum absolute atomic E-state index is 0.628. The lowest BCUT2D eigenvalue weighted by atomic mass is 10.1. The third-order valence-corrected chi connectivity index (χ3v) is 3.39. The number of furan rings is 1. The molecule has 1 heterocycles. The summed E-state index contributed by atoms with van der Waals surface area (Å²) < 4.78 is 6.38. The minimum Gasteiger partial charge on any atom is -0.463 e. The predicted molar refractivity (Wildman–Crippen MR) is 57.0 cm³/mol. The van der Waals surface area contributed by atoms with E-state index in [2.05, 4.69) is 15.9 Å². The van der Waals surface area contributed by atoms with E-state index in [-0.39, 0.29) is 0 Å². The molecule has 0 amide bonds. The van der Waals surface area contributed by atoms with E-state index >= 15 is 0 Å². The molecule has 1 fully saturated rings. The van der Waals surface area contributed by atoms with Crippen LogP contribution < -0.4 is 0 Å². The van der Waals surface area contributed by atoms with E-state index in [1.807, 2.05) is 18.2 Å². The fourth-order valence-electron chi connectivity index (χ4n) is 1.78. The minimum atomic E-state index is -0.628. The van der Waals surface area contributed by atoms with Crippen LogP contribution in [0.15, 0.2) is 33.4 Å². The Kier molecular flexibility index (Phi) is 1.59. The third-order valence-electron chi connectivity index (χ3n) is 2.78. The molecule has 0 aliphatic heterocycles. The summed E-state index contributed by atoms with van der Waals surface area (Å²) in [6.07, 6.45) is 3.34. The van der Waals surface area contributed by atoms with E-state index in [4.69, 9.17) is 4.42 Å². The summed E-state index contributed by atoms with van der Waals surface area (Å²) in [5, 5.41) is 11.1. The summed E-state index contributed by atoms with van der Waals surface area (Å²) >= 11 is 3.41. The van der Waals surface area contributed by atoms with Crippen LogP contribution in [-0.2, 0) is 5.60 Å². The van der Waals surface area contributed by atoms with Gasteiger partial charge in [0.25, 0.3) is 0 Å². The Morgan fingerprint density at radius 2 is 2.14 bits per heavy atom. The van der Waals surface area contributed by atoms with Crippen LogP contribution in [0.1, 0.15) is 18.4 Å². The highest BCUT2D eigenvalue weighted by Crippen LogP contribution is 2.48. The molecule has 1 aromatic heterocycles. The van der Waals surface area contributed by atoms with E-state index in [1.54, 1.807) is 6.26 Å². The Bertz CT molecular complexity index is 497. The van der Waals surface area contributed by atoms with Crippen LogP contribution in [0.3, 0.4) is 0 Å². The van der Waals surface area contributed by atoms with Crippen LogP contribution in [0.2, 0.25) is 0 Å². The van der Waals surface area contributed by atoms with Crippen molar-refractivity contribution >= 4 is 26.9 Å². The number of hydrogen-bond acceptors (Lipinski definition) is 2. The monoisotopic (exact) mass is 252 g/mol. The molecule has 14 heavy (non-hydrogen) atoms. The van der Waals surface area contributed by atoms with Gasteiger partial charge in [-0.1, -0.05) is 12.1 Å². The van der Waals surface area contributed by atoms with E-state index in [9.17, 15) is 5.11 Å². The molecule has 1 saturated carbocycles. The van der Waals surface area contributed by atoms with Crippen LogP contribution in [-0.4, -0.2) is 5.11 Å². The molecule has 0 saturated heterocycles. The first-order valence-corrected chi connectivity index (χ1v) is 5.39. The molecule has 1 aliphatic carbocycles. The molecule has 0 bridgehead atoms. The van der Waals surface area contributed by atoms with Gasteiger partial charge in [0, 0.05) is 10.9 Å². The van der Waals surface area contributed by atoms with Gasteiger partial charge in [-0.05, 0) is 34.8 Å². The molecule has 3 heteroatoms. The van der Waals surface area contributed by atoms with Crippen molar-refractivity contribution in [1.29, 1.82) is 0 Å². The molecule has 2 aromatic rings. The van der Waals surface area contributed by atoms with Crippen LogP contribution in [0.25, 0.3) is 11.0 Å². The van der Waals surface area contributed by atoms with Gasteiger partial charge in [-0.25, -0.2) is 0 Å². The summed E-state index contributed by atoms with van der Waals surface area (Å²) in [4.78, 5) is 0. The Labute approximate surface area is 89.7 Å². The van der Waals surface area contributed by atoms with E-state index in [0.717, 1.165) is 33.8 Å². The van der Waals surface area contributed by atoms with Gasteiger partial charge in [0.05, 0.1) is 10.1 Å². The Morgan fingerprint density at radius 3 is 2.86 bits per heavy atom. The molecule has 1 aromatic carbocycles. The molecule has 1 N–H and O–H groups in total. The highest BCUT2D eigenvalue weighted by Gasteiger charge is 2.44. The van der Waals surface area contributed by atoms with Crippen molar-refractivity contribution in [2.24, 2.45) is 0 Å². The molecular weight excluding hydrogens is 244 g/mol. The maximum Gasteiger partial charge on any atom is 0.141 e. The lowest BCUT2D eigenvalue weighted by molar-refractivity contribution is 0.152. The molecule has 2 nitrogen and oxygen atoms in total. The number of rotatable bonds is 1. The number of halogens is 1. The molecule has 0 atom stereocenters. The number of hydrogen-bond donors (Lipinski definition) is 1. The molecule has 3 rings (SSSR count). The van der Waals surface area contributed by atoms with E-state index in [1.165, 1.54) is 0 Å². The van der Waals surface area contributed by atoms with E-state index in [0.29, 0.717) is 0 Å². The predicted octanol–water partition coefficient (Wildman–Crippen LogP) is 3.18. The van der Waals surface area contributed by atoms with Gasteiger partial charge in [0.15, 0.2) is 0 Å². The Balaban J connectivity index is 2.34. The molecular formula is C11H9BrO2. The van der Waals surface area contributed by atoms with Crippen molar-refractivity contribution in [3.63, 3.8) is 0 Å². The lowest BCUT2D eigenvalue weighted by Crippen LogP contribution is -2.03. The Morgan fingerprint density at radius 1 is 1.36 bits per heavy atom. The van der Waals surface area contributed by atoms with Gasteiger partial charge in [-0.15, -0.1) is 0 Å². The van der Waals surface area contributed by atoms with Gasteiger partial charge in [-0.2, -0.15) is 0 Å². The van der Waals surface area contributed by atoms with Crippen LogP contribution in [0.4, 0.5) is 0 Å². The van der Waals surface area contributed by atoms with Crippen LogP contribution >= 0.6 is 15.9 Å². The standard InChI is InChI=1S/C11H9BrO2/c12-9-6-14-10-7(9)2-1-3-8(10)11(13)4-5-11/h1-3,6,13H,4-5H2. The quantitative estimate of drug-likeness (QED) is 0.846. The number of fused-ring (bicyclic) bond motifs is 1. The Hall–Kier alpha value is -0.800. The highest BCUT2D eigenvalue weighted by molar-refractivity contribution is 9.10. The first-order chi connectivity index (χ1) is 6.71. The topological polar surface area (TPSA) is 33.4 Å². The summed E-state index contributed by atoms with van der Waals surface area (Å²) in [5.41, 5.74) is 1.09. The van der Waals surface area contributed by atoms with Crippen molar-refractivity contribution in [2.75, 3.05) is 0 Å². The number of para-hydroxylation sites is 1. The number of aliphatic hydroxyl groups is 1. The maximum absolute atomic E-state index is 10.0. The van der Waals surface area contributed by atoms with E-state index < -0.39 is 5.60 Å². The van der Waals surface area contributed by atoms with Crippen molar-refractivity contribution in [1.82, 2.24) is 0 Å². The second kappa shape index (κ2) is 2.61. The largest absolute Gasteiger partial charge is 0.463 e. The van der Waals surface area contributed by atoms with Crippen LogP contribution in [0.5, 0.6) is 0 Å². The van der Waals surface area contributed by atoms with Gasteiger partial charge < -0.3 is 9.52 Å². The van der Waals surface area contributed by atoms with Gasteiger partial charge in [-0.3, -0.25) is 0 Å². The van der Waals surface area contributed by atoms with Crippen molar-refractivity contribution in [3.8, 4) is 0 Å². The zero-order chi connectivity index (χ0) is 9.76. The first kappa shape index (κ1) is 8.50. The zero-order valence-electron chi connectivity index (χ0n) is 7.46. The molecule has 0 spiro atoms. The third kappa shape index (κ3) is 1.06. The fourth-order valence-corrected chi connectivity index (χ4v) is 2.19. The molecule has 0 radical (unpaired) electrons. The average molecular weight is 253 g/mol. The normalized spacial score (nSPS) is 18.7. The van der Waals surface area contributed by atoms with Gasteiger partial charge in [0.2, 0.25) is 0 Å². The molecule has 1 aliphatic rings. The SMILES string of the molecule is OC1(c2cccc3c(Br)coc23)CC1. The molecule has 0 unspecified atom stereocenters. The summed E-state index contributed by atoms with van der Waals surface area (Å²) in [6, 6.07) is 5.87. The first-order valence-electron chi connectivity index (χ1n) is 4.59. The van der Waals surface area contributed by atoms with Crippen molar-refractivity contribution < 1.29 is 9.52 Å². The van der Waals surface area contributed by atoms with Crippen molar-refractivity contribution in [3.05, 3.63) is 34.5 Å². The van der Waals surface area contributed by atoms with Crippen LogP contribution in [0, 0.1) is 0 Å². The lowest BCUT2D eigenvalue weighted by Gasteiger charge is -2.07. The average Bonchev–Trinajstić information content (AvgIpc) is 2.83. The summed E-state index contributed by atoms with van der Waals surface area (Å²) in [5.74, 6) is 0. The summed E-state index contributed by atoms with van der Waals surface area (Å²) in [6.45, 7) is 0. The highest BCUT2D eigenvalue weighted by atomic mass is 79.9. The van der Waals surface area contributed by atoms with Gasteiger partial charge in [0.1, 0.15) is 11.8 Å². The maximum atomic E-state index is 10.0. The zero-order valence-corrected chi connectivity index (χ0v) is 9.04. The second-order valence-electron chi connectivity index (χ2n) is 3.80.